The van der Waals surface area contributed by atoms with Crippen LogP contribution in [0.2, 0.25) is 15.2 Å². The van der Waals surface area contributed by atoms with Gasteiger partial charge in [0, 0.05) is 21.5 Å². The second-order valence-electron chi connectivity index (χ2n) is 5.39. The Kier molecular flexibility index (Phi) is 4.91. The van der Waals surface area contributed by atoms with Crippen LogP contribution in [0, 0.1) is 6.92 Å². The minimum Gasteiger partial charge on any atom is -0.289 e. The Morgan fingerprint density at radius 1 is 1.04 bits per heavy atom. The molecule has 0 radical (unpaired) electrons. The highest BCUT2D eigenvalue weighted by atomic mass is 35.5. The molecule has 0 fully saturated rings. The molecule has 120 valence electrons. The van der Waals surface area contributed by atoms with Crippen molar-refractivity contribution in [2.75, 3.05) is 0 Å². The maximum absolute atomic E-state index is 12.3. The van der Waals surface area contributed by atoms with Crippen LogP contribution in [-0.4, -0.2) is 10.8 Å². The van der Waals surface area contributed by atoms with Gasteiger partial charge in [-0.25, -0.2) is 4.98 Å². The number of aromatic nitrogens is 1. The lowest BCUT2D eigenvalue weighted by Gasteiger charge is -2.04. The van der Waals surface area contributed by atoms with Gasteiger partial charge in [0.1, 0.15) is 5.15 Å². The fourth-order valence-electron chi connectivity index (χ4n) is 2.33. The number of nitrogens with zero attached hydrogens (tertiary/aromatic N) is 1. The van der Waals surface area contributed by atoms with E-state index < -0.39 is 0 Å². The molecule has 0 saturated heterocycles. The Bertz CT molecular complexity index is 980. The molecule has 1 heterocycles. The molecule has 0 aliphatic heterocycles. The molecule has 3 aromatic rings. The molecule has 0 amide bonds. The highest BCUT2D eigenvalue weighted by molar-refractivity contribution is 6.37. The Balaban J connectivity index is 1.93. The van der Waals surface area contributed by atoms with E-state index in [1.807, 2.05) is 31.2 Å². The molecular weight excluding hydrogens is 365 g/mol. The van der Waals surface area contributed by atoms with Crippen molar-refractivity contribution in [1.29, 1.82) is 0 Å². The molecule has 0 unspecified atom stereocenters. The summed E-state index contributed by atoms with van der Waals surface area (Å²) in [5, 5.41) is 2.11. The number of halogens is 3. The van der Waals surface area contributed by atoms with Gasteiger partial charge in [0.15, 0.2) is 5.78 Å². The fraction of sp³-hybridized carbons (Fsp3) is 0.0526. The van der Waals surface area contributed by atoms with Crippen LogP contribution in [0.4, 0.5) is 0 Å². The second-order valence-corrected chi connectivity index (χ2v) is 6.59. The molecule has 5 heteroatoms. The predicted molar refractivity (Wildman–Crippen MR) is 101 cm³/mol. The molecule has 2 aromatic carbocycles. The van der Waals surface area contributed by atoms with Crippen LogP contribution in [0.1, 0.15) is 21.5 Å². The van der Waals surface area contributed by atoms with Crippen molar-refractivity contribution >= 4 is 57.6 Å². The number of rotatable bonds is 3. The van der Waals surface area contributed by atoms with Crippen molar-refractivity contribution in [3.8, 4) is 0 Å². The first-order valence-corrected chi connectivity index (χ1v) is 8.32. The third-order valence-corrected chi connectivity index (χ3v) is 4.42. The van der Waals surface area contributed by atoms with Gasteiger partial charge in [0.25, 0.3) is 0 Å². The number of pyridine rings is 1. The summed E-state index contributed by atoms with van der Waals surface area (Å²) in [6.07, 6.45) is 3.07. The largest absolute Gasteiger partial charge is 0.289 e. The zero-order chi connectivity index (χ0) is 17.3. The summed E-state index contributed by atoms with van der Waals surface area (Å²) in [6.45, 7) is 2.00. The highest BCUT2D eigenvalue weighted by Crippen LogP contribution is 2.24. The maximum atomic E-state index is 12.3. The lowest BCUT2D eigenvalue weighted by molar-refractivity contribution is 0.104. The van der Waals surface area contributed by atoms with E-state index in [-0.39, 0.29) is 5.78 Å². The molecule has 0 spiro atoms. The molecule has 0 N–H and O–H groups in total. The summed E-state index contributed by atoms with van der Waals surface area (Å²) in [5.74, 6) is -0.225. The van der Waals surface area contributed by atoms with Gasteiger partial charge in [-0.3, -0.25) is 4.79 Å². The number of carbonyl (C=O) groups is 1. The Hall–Kier alpha value is -1.87. The van der Waals surface area contributed by atoms with Crippen molar-refractivity contribution < 1.29 is 4.79 Å². The minimum atomic E-state index is -0.225. The van der Waals surface area contributed by atoms with Crippen LogP contribution in [0.15, 0.2) is 48.5 Å². The lowest BCUT2D eigenvalue weighted by atomic mass is 10.1. The van der Waals surface area contributed by atoms with E-state index in [4.69, 9.17) is 34.8 Å². The lowest BCUT2D eigenvalue weighted by Crippen LogP contribution is -1.95. The van der Waals surface area contributed by atoms with E-state index >= 15 is 0 Å². The molecule has 3 rings (SSSR count). The molecule has 1 aromatic heterocycles. The summed E-state index contributed by atoms with van der Waals surface area (Å²) >= 11 is 18.1. The third-order valence-electron chi connectivity index (χ3n) is 3.56. The first-order valence-electron chi connectivity index (χ1n) is 7.18. The number of hydrogen-bond acceptors (Lipinski definition) is 2. The number of allylic oxidation sites excluding steroid dienone is 1. The fourth-order valence-corrected chi connectivity index (χ4v) is 3.04. The third kappa shape index (κ3) is 3.62. The van der Waals surface area contributed by atoms with E-state index in [0.717, 1.165) is 16.5 Å². The van der Waals surface area contributed by atoms with Gasteiger partial charge in [-0.1, -0.05) is 46.9 Å². The predicted octanol–water partition coefficient (Wildman–Crippen LogP) is 6.40. The first kappa shape index (κ1) is 17.0. The van der Waals surface area contributed by atoms with Crippen molar-refractivity contribution in [3.63, 3.8) is 0 Å². The van der Waals surface area contributed by atoms with Gasteiger partial charge in [0.05, 0.1) is 10.5 Å². The number of carbonyl (C=O) groups excluding carboxylic acids is 1. The van der Waals surface area contributed by atoms with Crippen molar-refractivity contribution in [2.45, 2.75) is 6.92 Å². The number of hydrogen-bond donors (Lipinski definition) is 0. The Morgan fingerprint density at radius 3 is 2.58 bits per heavy atom. The zero-order valence-corrected chi connectivity index (χ0v) is 15.0. The minimum absolute atomic E-state index is 0.225. The highest BCUT2D eigenvalue weighted by Gasteiger charge is 2.09. The summed E-state index contributed by atoms with van der Waals surface area (Å²) < 4.78 is 0. The molecule has 0 aliphatic carbocycles. The smallest absolute Gasteiger partial charge is 0.187 e. The van der Waals surface area contributed by atoms with Crippen LogP contribution in [0.25, 0.3) is 17.0 Å². The molecule has 0 atom stereocenters. The van der Waals surface area contributed by atoms with Gasteiger partial charge in [0.2, 0.25) is 0 Å². The molecular formula is C19H12Cl3NO. The second kappa shape index (κ2) is 6.94. The summed E-state index contributed by atoms with van der Waals surface area (Å²) in [5.41, 5.74) is 3.00. The normalized spacial score (nSPS) is 11.3. The number of ketones is 1. The average molecular weight is 377 g/mol. The molecule has 0 saturated carbocycles. The van der Waals surface area contributed by atoms with E-state index in [1.165, 1.54) is 12.1 Å². The average Bonchev–Trinajstić information content (AvgIpc) is 2.52. The van der Waals surface area contributed by atoms with E-state index in [0.29, 0.717) is 26.3 Å². The van der Waals surface area contributed by atoms with Crippen LogP contribution < -0.4 is 0 Å². The van der Waals surface area contributed by atoms with Gasteiger partial charge in [-0.2, -0.15) is 0 Å². The summed E-state index contributed by atoms with van der Waals surface area (Å²) in [7, 11) is 0. The van der Waals surface area contributed by atoms with Crippen LogP contribution >= 0.6 is 34.8 Å². The van der Waals surface area contributed by atoms with E-state index in [2.05, 4.69) is 4.98 Å². The van der Waals surface area contributed by atoms with Gasteiger partial charge in [-0.15, -0.1) is 0 Å². The Labute approximate surface area is 154 Å². The summed E-state index contributed by atoms with van der Waals surface area (Å²) in [4.78, 5) is 16.7. The van der Waals surface area contributed by atoms with Crippen molar-refractivity contribution in [1.82, 2.24) is 4.98 Å². The van der Waals surface area contributed by atoms with Crippen LogP contribution in [0.5, 0.6) is 0 Å². The van der Waals surface area contributed by atoms with E-state index in [9.17, 15) is 4.79 Å². The Morgan fingerprint density at radius 2 is 1.83 bits per heavy atom. The molecule has 24 heavy (non-hydrogen) atoms. The van der Waals surface area contributed by atoms with Gasteiger partial charge < -0.3 is 0 Å². The van der Waals surface area contributed by atoms with Crippen molar-refractivity contribution in [3.05, 3.63) is 80.4 Å². The van der Waals surface area contributed by atoms with Crippen LogP contribution in [0.3, 0.4) is 0 Å². The topological polar surface area (TPSA) is 30.0 Å². The zero-order valence-electron chi connectivity index (χ0n) is 12.7. The standard InChI is InChI=1S/C19H12Cl3NO/c1-11-2-3-12-9-13(19(22)23-17(12)8-11)4-7-18(24)15-6-5-14(20)10-16(15)21/h2-10H,1H3/b7-4+. The molecule has 0 bridgehead atoms. The van der Waals surface area contributed by atoms with Gasteiger partial charge in [-0.05, 0) is 55.0 Å². The van der Waals surface area contributed by atoms with Crippen LogP contribution in [-0.2, 0) is 0 Å². The van der Waals surface area contributed by atoms with E-state index in [1.54, 1.807) is 18.2 Å². The molecule has 0 aliphatic rings. The first-order chi connectivity index (χ1) is 11.4. The molecule has 2 nitrogen and oxygen atoms in total. The van der Waals surface area contributed by atoms with Gasteiger partial charge >= 0.3 is 0 Å². The monoisotopic (exact) mass is 375 g/mol. The maximum Gasteiger partial charge on any atom is 0.187 e. The summed E-state index contributed by atoms with van der Waals surface area (Å²) in [6, 6.07) is 12.6. The quantitative estimate of drug-likeness (QED) is 0.301. The number of benzene rings is 2. The SMILES string of the molecule is Cc1ccc2cc(/C=C/C(=O)c3ccc(Cl)cc3Cl)c(Cl)nc2c1. The number of aryl methyl sites for hydroxylation is 1. The van der Waals surface area contributed by atoms with Crippen molar-refractivity contribution in [2.24, 2.45) is 0 Å². The number of fused-ring (bicyclic) bond motifs is 1.